The molecule has 0 radical (unpaired) electrons. The molecule has 2 rings (SSSR count). The number of hydrogen-bond acceptors (Lipinski definition) is 5. The van der Waals surface area contributed by atoms with Crippen LogP contribution in [0.5, 0.6) is 0 Å². The third-order valence-corrected chi connectivity index (χ3v) is 3.93. The zero-order chi connectivity index (χ0) is 14.2. The van der Waals surface area contributed by atoms with Crippen LogP contribution in [-0.2, 0) is 17.7 Å². The molecule has 1 saturated heterocycles. The molecule has 5 heteroatoms. The lowest BCUT2D eigenvalue weighted by atomic mass is 10.0. The highest BCUT2D eigenvalue weighted by atomic mass is 16.5. The number of rotatable bonds is 7. The lowest BCUT2D eigenvalue weighted by Crippen LogP contribution is -2.28. The van der Waals surface area contributed by atoms with Crippen molar-refractivity contribution in [2.24, 2.45) is 5.92 Å². The number of methoxy groups -OCH3 is 1. The van der Waals surface area contributed by atoms with Gasteiger partial charge in [0.05, 0.1) is 6.54 Å². The zero-order valence-corrected chi connectivity index (χ0v) is 12.8. The molecule has 0 bridgehead atoms. The van der Waals surface area contributed by atoms with Gasteiger partial charge in [0.1, 0.15) is 0 Å². The van der Waals surface area contributed by atoms with Crippen LogP contribution in [0.1, 0.15) is 50.7 Å². The van der Waals surface area contributed by atoms with Gasteiger partial charge in [-0.1, -0.05) is 18.5 Å². The van der Waals surface area contributed by atoms with Crippen molar-refractivity contribution in [3.05, 3.63) is 11.7 Å². The average Bonchev–Trinajstić information content (AvgIpc) is 2.75. The standard InChI is InChI=1S/C15H27N3O2/c1-3-6-14-16-15(20-17-14)12-18-9-5-4-7-13(11-18)8-10-19-2/h13H,3-12H2,1-2H3. The molecule has 1 unspecified atom stereocenters. The molecule has 1 aliphatic heterocycles. The predicted octanol–water partition coefficient (Wildman–Crippen LogP) is 2.66. The van der Waals surface area contributed by atoms with Crippen LogP contribution in [0.3, 0.4) is 0 Å². The van der Waals surface area contributed by atoms with E-state index in [0.717, 1.165) is 63.1 Å². The topological polar surface area (TPSA) is 51.4 Å². The zero-order valence-electron chi connectivity index (χ0n) is 12.8. The fourth-order valence-electron chi connectivity index (χ4n) is 2.85. The van der Waals surface area contributed by atoms with E-state index in [1.54, 1.807) is 7.11 Å². The molecule has 1 atom stereocenters. The fraction of sp³-hybridized carbons (Fsp3) is 0.867. The molecule has 0 spiro atoms. The molecule has 1 aromatic rings. The first-order chi connectivity index (χ1) is 9.81. The van der Waals surface area contributed by atoms with E-state index in [-0.39, 0.29) is 0 Å². The van der Waals surface area contributed by atoms with Gasteiger partial charge in [-0.25, -0.2) is 0 Å². The van der Waals surface area contributed by atoms with Gasteiger partial charge in [-0.3, -0.25) is 4.90 Å². The Bertz CT molecular complexity index is 381. The summed E-state index contributed by atoms with van der Waals surface area (Å²) in [7, 11) is 1.78. The second-order valence-corrected chi connectivity index (χ2v) is 5.73. The molecule has 0 aromatic carbocycles. The Balaban J connectivity index is 1.85. The van der Waals surface area contributed by atoms with Crippen LogP contribution in [0, 0.1) is 5.92 Å². The fourth-order valence-corrected chi connectivity index (χ4v) is 2.85. The second-order valence-electron chi connectivity index (χ2n) is 5.73. The van der Waals surface area contributed by atoms with Crippen LogP contribution in [0.25, 0.3) is 0 Å². The van der Waals surface area contributed by atoms with Gasteiger partial charge in [-0.2, -0.15) is 4.98 Å². The molecule has 1 fully saturated rings. The smallest absolute Gasteiger partial charge is 0.240 e. The molecule has 5 nitrogen and oxygen atoms in total. The minimum atomic E-state index is 0.732. The largest absolute Gasteiger partial charge is 0.385 e. The predicted molar refractivity (Wildman–Crippen MR) is 77.4 cm³/mol. The van der Waals surface area contributed by atoms with Crippen molar-refractivity contribution in [1.82, 2.24) is 15.0 Å². The molecule has 0 aliphatic carbocycles. The molecule has 20 heavy (non-hydrogen) atoms. The lowest BCUT2D eigenvalue weighted by molar-refractivity contribution is 0.153. The highest BCUT2D eigenvalue weighted by Crippen LogP contribution is 2.20. The van der Waals surface area contributed by atoms with Crippen molar-refractivity contribution in [2.45, 2.75) is 52.0 Å². The third kappa shape index (κ3) is 4.87. The molecule has 0 saturated carbocycles. The Labute approximate surface area is 121 Å². The molecule has 0 amide bonds. The normalized spacial score (nSPS) is 21.0. The van der Waals surface area contributed by atoms with Gasteiger partial charge in [-0.05, 0) is 38.1 Å². The number of hydrogen-bond donors (Lipinski definition) is 0. The molecular formula is C15H27N3O2. The van der Waals surface area contributed by atoms with Crippen molar-refractivity contribution in [3.63, 3.8) is 0 Å². The van der Waals surface area contributed by atoms with Crippen LogP contribution >= 0.6 is 0 Å². The van der Waals surface area contributed by atoms with E-state index >= 15 is 0 Å². The van der Waals surface area contributed by atoms with E-state index in [1.807, 2.05) is 0 Å². The number of aryl methyl sites for hydroxylation is 1. The highest BCUT2D eigenvalue weighted by molar-refractivity contribution is 4.87. The van der Waals surface area contributed by atoms with E-state index in [4.69, 9.17) is 9.26 Å². The van der Waals surface area contributed by atoms with Crippen LogP contribution < -0.4 is 0 Å². The Morgan fingerprint density at radius 1 is 1.40 bits per heavy atom. The van der Waals surface area contributed by atoms with Gasteiger partial charge in [0, 0.05) is 26.7 Å². The minimum Gasteiger partial charge on any atom is -0.385 e. The Kier molecular flexibility index (Phi) is 6.47. The maximum atomic E-state index is 5.35. The molecule has 0 N–H and O–H groups in total. The Hall–Kier alpha value is -0.940. The summed E-state index contributed by atoms with van der Waals surface area (Å²) in [6.45, 7) is 6.04. The van der Waals surface area contributed by atoms with Crippen LogP contribution in [0.4, 0.5) is 0 Å². The number of likely N-dealkylation sites (tertiary alicyclic amines) is 1. The van der Waals surface area contributed by atoms with Crippen LogP contribution in [0.2, 0.25) is 0 Å². The summed E-state index contributed by atoms with van der Waals surface area (Å²) in [6.07, 6.45) is 7.00. The van der Waals surface area contributed by atoms with Crippen molar-refractivity contribution in [2.75, 3.05) is 26.8 Å². The number of nitrogens with zero attached hydrogens (tertiary/aromatic N) is 3. The number of ether oxygens (including phenoxy) is 1. The maximum absolute atomic E-state index is 5.35. The molecule has 1 aliphatic rings. The minimum absolute atomic E-state index is 0.732. The number of aromatic nitrogens is 2. The van der Waals surface area contributed by atoms with Gasteiger partial charge in [0.15, 0.2) is 5.82 Å². The summed E-state index contributed by atoms with van der Waals surface area (Å²) < 4.78 is 10.6. The Morgan fingerprint density at radius 2 is 2.30 bits per heavy atom. The van der Waals surface area contributed by atoms with E-state index in [0.29, 0.717) is 0 Å². The molecule has 1 aromatic heterocycles. The maximum Gasteiger partial charge on any atom is 0.240 e. The van der Waals surface area contributed by atoms with E-state index < -0.39 is 0 Å². The summed E-state index contributed by atoms with van der Waals surface area (Å²) in [5, 5.41) is 4.03. The second kappa shape index (κ2) is 8.37. The van der Waals surface area contributed by atoms with E-state index in [9.17, 15) is 0 Å². The average molecular weight is 281 g/mol. The van der Waals surface area contributed by atoms with Crippen molar-refractivity contribution in [1.29, 1.82) is 0 Å². The van der Waals surface area contributed by atoms with Crippen LogP contribution in [-0.4, -0.2) is 41.8 Å². The van der Waals surface area contributed by atoms with Gasteiger partial charge in [0.2, 0.25) is 5.89 Å². The first-order valence-electron chi connectivity index (χ1n) is 7.84. The lowest BCUT2D eigenvalue weighted by Gasteiger charge is -2.22. The van der Waals surface area contributed by atoms with Crippen molar-refractivity contribution < 1.29 is 9.26 Å². The summed E-state index contributed by atoms with van der Waals surface area (Å²) >= 11 is 0. The van der Waals surface area contributed by atoms with Crippen molar-refractivity contribution >= 4 is 0 Å². The van der Waals surface area contributed by atoms with E-state index in [1.165, 1.54) is 19.3 Å². The SMILES string of the molecule is CCCc1noc(CN2CCCCC(CCOC)C2)n1. The first kappa shape index (κ1) is 15.4. The third-order valence-electron chi connectivity index (χ3n) is 3.93. The summed E-state index contributed by atoms with van der Waals surface area (Å²) in [5.41, 5.74) is 0. The van der Waals surface area contributed by atoms with Crippen molar-refractivity contribution in [3.8, 4) is 0 Å². The summed E-state index contributed by atoms with van der Waals surface area (Å²) in [4.78, 5) is 6.92. The first-order valence-corrected chi connectivity index (χ1v) is 7.84. The van der Waals surface area contributed by atoms with Gasteiger partial charge >= 0.3 is 0 Å². The molecular weight excluding hydrogens is 254 g/mol. The Morgan fingerprint density at radius 3 is 3.10 bits per heavy atom. The molecule has 114 valence electrons. The van der Waals surface area contributed by atoms with Crippen LogP contribution in [0.15, 0.2) is 4.52 Å². The molecule has 2 heterocycles. The van der Waals surface area contributed by atoms with Gasteiger partial charge in [0.25, 0.3) is 0 Å². The monoisotopic (exact) mass is 281 g/mol. The van der Waals surface area contributed by atoms with Gasteiger partial charge in [-0.15, -0.1) is 0 Å². The quantitative estimate of drug-likeness (QED) is 0.769. The summed E-state index contributed by atoms with van der Waals surface area (Å²) in [6, 6.07) is 0. The van der Waals surface area contributed by atoms with E-state index in [2.05, 4.69) is 22.0 Å². The summed E-state index contributed by atoms with van der Waals surface area (Å²) in [5.74, 6) is 2.34. The highest BCUT2D eigenvalue weighted by Gasteiger charge is 2.20. The van der Waals surface area contributed by atoms with Gasteiger partial charge < -0.3 is 9.26 Å².